The maximum atomic E-state index is 13.0. The molecule has 1 amide bonds. The molecule has 4 heteroatoms. The van der Waals surface area contributed by atoms with E-state index in [4.69, 9.17) is 0 Å². The zero-order valence-corrected chi connectivity index (χ0v) is 14.1. The van der Waals surface area contributed by atoms with E-state index in [-0.39, 0.29) is 24.3 Å². The van der Waals surface area contributed by atoms with Gasteiger partial charge in [0.15, 0.2) is 0 Å². The van der Waals surface area contributed by atoms with Crippen molar-refractivity contribution in [2.24, 2.45) is 0 Å². The van der Waals surface area contributed by atoms with Gasteiger partial charge in [-0.05, 0) is 68.8 Å². The molecular weight excluding hydrogens is 291 g/mol. The second-order valence-electron chi connectivity index (χ2n) is 5.99. The Balaban J connectivity index is 1.95. The molecule has 2 aromatic carbocycles. The Labute approximate surface area is 137 Å². The molecule has 122 valence electrons. The fraction of sp³-hybridized carbons (Fsp3) is 0.316. The van der Waals surface area contributed by atoms with E-state index in [1.807, 2.05) is 50.9 Å². The monoisotopic (exact) mass is 314 g/mol. The Hall–Kier alpha value is -2.20. The summed E-state index contributed by atoms with van der Waals surface area (Å²) in [5, 5.41) is 2.92. The molecule has 0 heterocycles. The third kappa shape index (κ3) is 4.63. The number of hydrogen-bond donors (Lipinski definition) is 1. The number of nitrogens with zero attached hydrogens (tertiary/aromatic N) is 1. The Kier molecular flexibility index (Phi) is 5.50. The number of amides is 1. The summed E-state index contributed by atoms with van der Waals surface area (Å²) in [5.74, 6) is -0.319. The van der Waals surface area contributed by atoms with E-state index < -0.39 is 0 Å². The Morgan fingerprint density at radius 2 is 1.78 bits per heavy atom. The predicted octanol–water partition coefficient (Wildman–Crippen LogP) is 4.07. The number of nitrogens with one attached hydrogen (secondary N) is 1. The molecule has 0 bridgehead atoms. The number of likely N-dealkylation sites (N-methyl/N-ethyl adjacent to an activating group) is 1. The molecule has 23 heavy (non-hydrogen) atoms. The van der Waals surface area contributed by atoms with Gasteiger partial charge in [-0.2, -0.15) is 0 Å². The molecular formula is C19H23FN2O. The molecule has 0 spiro atoms. The number of carbonyl (C=O) groups excluding carboxylic acids is 1. The number of aryl methyl sites for hydroxylation is 2. The third-order valence-corrected chi connectivity index (χ3v) is 4.20. The summed E-state index contributed by atoms with van der Waals surface area (Å²) in [6.45, 7) is 6.33. The van der Waals surface area contributed by atoms with Crippen LogP contribution in [0.4, 0.5) is 10.1 Å². The van der Waals surface area contributed by atoms with E-state index in [1.165, 1.54) is 17.7 Å². The molecule has 1 atom stereocenters. The third-order valence-electron chi connectivity index (χ3n) is 4.20. The molecule has 0 fully saturated rings. The van der Waals surface area contributed by atoms with Crippen molar-refractivity contribution in [3.8, 4) is 0 Å². The smallest absolute Gasteiger partial charge is 0.238 e. The Morgan fingerprint density at radius 1 is 1.13 bits per heavy atom. The summed E-state index contributed by atoms with van der Waals surface area (Å²) >= 11 is 0. The number of hydrogen-bond acceptors (Lipinski definition) is 2. The van der Waals surface area contributed by atoms with Crippen LogP contribution in [0.15, 0.2) is 42.5 Å². The van der Waals surface area contributed by atoms with Crippen LogP contribution in [0.5, 0.6) is 0 Å². The maximum absolute atomic E-state index is 13.0. The Bertz CT molecular complexity index is 682. The van der Waals surface area contributed by atoms with Crippen LogP contribution >= 0.6 is 0 Å². The van der Waals surface area contributed by atoms with E-state index in [2.05, 4.69) is 5.32 Å². The number of halogens is 1. The van der Waals surface area contributed by atoms with Crippen molar-refractivity contribution in [2.75, 3.05) is 18.9 Å². The molecule has 0 radical (unpaired) electrons. The van der Waals surface area contributed by atoms with Crippen LogP contribution in [-0.4, -0.2) is 24.4 Å². The van der Waals surface area contributed by atoms with E-state index >= 15 is 0 Å². The van der Waals surface area contributed by atoms with Gasteiger partial charge in [0, 0.05) is 11.7 Å². The normalized spacial score (nSPS) is 12.3. The second kappa shape index (κ2) is 7.38. The van der Waals surface area contributed by atoms with Crippen LogP contribution in [0.2, 0.25) is 0 Å². The lowest BCUT2D eigenvalue weighted by atomic mass is 10.1. The molecule has 0 aromatic heterocycles. The zero-order chi connectivity index (χ0) is 17.0. The molecule has 0 aliphatic heterocycles. The summed E-state index contributed by atoms with van der Waals surface area (Å²) in [6, 6.07) is 12.3. The molecule has 3 nitrogen and oxygen atoms in total. The molecule has 0 saturated heterocycles. The van der Waals surface area contributed by atoms with E-state index in [0.29, 0.717) is 0 Å². The van der Waals surface area contributed by atoms with Gasteiger partial charge in [-0.25, -0.2) is 4.39 Å². The van der Waals surface area contributed by atoms with Crippen molar-refractivity contribution >= 4 is 11.6 Å². The van der Waals surface area contributed by atoms with Gasteiger partial charge < -0.3 is 5.32 Å². The number of benzene rings is 2. The van der Waals surface area contributed by atoms with Crippen LogP contribution in [0.25, 0.3) is 0 Å². The molecule has 1 N–H and O–H groups in total. The van der Waals surface area contributed by atoms with Crippen LogP contribution in [0.3, 0.4) is 0 Å². The van der Waals surface area contributed by atoms with Crippen molar-refractivity contribution in [1.29, 1.82) is 0 Å². The molecule has 2 aromatic rings. The lowest BCUT2D eigenvalue weighted by molar-refractivity contribution is -0.117. The van der Waals surface area contributed by atoms with Gasteiger partial charge in [0.1, 0.15) is 5.82 Å². The van der Waals surface area contributed by atoms with E-state index in [9.17, 15) is 9.18 Å². The first-order valence-electron chi connectivity index (χ1n) is 7.69. The van der Waals surface area contributed by atoms with Crippen LogP contribution in [0.1, 0.15) is 29.7 Å². The first-order valence-corrected chi connectivity index (χ1v) is 7.69. The highest BCUT2D eigenvalue weighted by molar-refractivity contribution is 5.92. The second-order valence-corrected chi connectivity index (χ2v) is 5.99. The fourth-order valence-electron chi connectivity index (χ4n) is 2.38. The van der Waals surface area contributed by atoms with Gasteiger partial charge in [0.25, 0.3) is 0 Å². The molecule has 0 unspecified atom stereocenters. The topological polar surface area (TPSA) is 32.3 Å². The summed E-state index contributed by atoms with van der Waals surface area (Å²) in [6.07, 6.45) is 0. The van der Waals surface area contributed by atoms with E-state index in [0.717, 1.165) is 16.8 Å². The summed E-state index contributed by atoms with van der Waals surface area (Å²) in [5.41, 5.74) is 4.13. The summed E-state index contributed by atoms with van der Waals surface area (Å²) in [7, 11) is 1.88. The van der Waals surface area contributed by atoms with Crippen LogP contribution in [-0.2, 0) is 4.79 Å². The average molecular weight is 314 g/mol. The van der Waals surface area contributed by atoms with Gasteiger partial charge in [0.2, 0.25) is 5.91 Å². The largest absolute Gasteiger partial charge is 0.325 e. The molecule has 0 aliphatic carbocycles. The van der Waals surface area contributed by atoms with Crippen molar-refractivity contribution in [3.05, 3.63) is 65.0 Å². The highest BCUT2D eigenvalue weighted by Crippen LogP contribution is 2.19. The van der Waals surface area contributed by atoms with Crippen LogP contribution < -0.4 is 5.32 Å². The van der Waals surface area contributed by atoms with Gasteiger partial charge >= 0.3 is 0 Å². The highest BCUT2D eigenvalue weighted by atomic mass is 19.1. The first kappa shape index (κ1) is 17.2. The van der Waals surface area contributed by atoms with Gasteiger partial charge in [-0.3, -0.25) is 9.69 Å². The summed E-state index contributed by atoms with van der Waals surface area (Å²) < 4.78 is 13.0. The van der Waals surface area contributed by atoms with Gasteiger partial charge in [0.05, 0.1) is 6.54 Å². The average Bonchev–Trinajstić information content (AvgIpc) is 2.51. The predicted molar refractivity (Wildman–Crippen MR) is 92.0 cm³/mol. The van der Waals surface area contributed by atoms with E-state index in [1.54, 1.807) is 12.1 Å². The van der Waals surface area contributed by atoms with Crippen molar-refractivity contribution in [2.45, 2.75) is 26.8 Å². The lowest BCUT2D eigenvalue weighted by Gasteiger charge is -2.24. The van der Waals surface area contributed by atoms with Crippen molar-refractivity contribution in [1.82, 2.24) is 4.90 Å². The maximum Gasteiger partial charge on any atom is 0.238 e. The quantitative estimate of drug-likeness (QED) is 0.902. The fourth-order valence-corrected chi connectivity index (χ4v) is 2.38. The number of rotatable bonds is 5. The van der Waals surface area contributed by atoms with Gasteiger partial charge in [-0.15, -0.1) is 0 Å². The SMILES string of the molecule is Cc1ccc(NC(=O)CN(C)[C@@H](C)c2ccc(F)cc2)cc1C. The Morgan fingerprint density at radius 3 is 2.39 bits per heavy atom. The number of carbonyl (C=O) groups is 1. The first-order chi connectivity index (χ1) is 10.9. The van der Waals surface area contributed by atoms with Crippen molar-refractivity contribution in [3.63, 3.8) is 0 Å². The number of anilines is 1. The minimum atomic E-state index is -0.254. The highest BCUT2D eigenvalue weighted by Gasteiger charge is 2.15. The molecule has 2 rings (SSSR count). The van der Waals surface area contributed by atoms with Crippen molar-refractivity contribution < 1.29 is 9.18 Å². The zero-order valence-electron chi connectivity index (χ0n) is 14.1. The minimum absolute atomic E-state index is 0.0288. The summed E-state index contributed by atoms with van der Waals surface area (Å²) in [4.78, 5) is 14.1. The molecule has 0 aliphatic rings. The standard InChI is InChI=1S/C19H23FN2O/c1-13-5-10-18(11-14(13)2)21-19(23)12-22(4)15(3)16-6-8-17(20)9-7-16/h5-11,15H,12H2,1-4H3,(H,21,23)/t15-/m0/s1. The van der Waals surface area contributed by atoms with Gasteiger partial charge in [-0.1, -0.05) is 18.2 Å². The van der Waals surface area contributed by atoms with Crippen LogP contribution in [0, 0.1) is 19.7 Å². The lowest BCUT2D eigenvalue weighted by Crippen LogP contribution is -2.32. The molecule has 0 saturated carbocycles. The minimum Gasteiger partial charge on any atom is -0.325 e.